The Labute approximate surface area is 186 Å². The molecule has 0 aromatic heterocycles. The molecule has 7 heteroatoms. The molecular formula is C25H24FN3O3. The summed E-state index contributed by atoms with van der Waals surface area (Å²) in [6.45, 7) is 5.40. The molecule has 32 heavy (non-hydrogen) atoms. The summed E-state index contributed by atoms with van der Waals surface area (Å²) in [5.41, 5.74) is 6.30. The van der Waals surface area contributed by atoms with Gasteiger partial charge in [0.1, 0.15) is 11.6 Å². The number of ether oxygens (including phenoxy) is 1. The van der Waals surface area contributed by atoms with E-state index < -0.39 is 11.8 Å². The number of hydrazone groups is 1. The summed E-state index contributed by atoms with van der Waals surface area (Å²) in [5.74, 6) is -0.594. The van der Waals surface area contributed by atoms with E-state index >= 15 is 0 Å². The SMILES string of the molecule is C/C(=N\NC(=O)c1ccccc1NC(=O)COc1cccc(C)c1C)c1ccc(F)cc1. The number of hydrogen-bond donors (Lipinski definition) is 2. The van der Waals surface area contributed by atoms with Gasteiger partial charge in [0.2, 0.25) is 0 Å². The summed E-state index contributed by atoms with van der Waals surface area (Å²) >= 11 is 0. The van der Waals surface area contributed by atoms with Crippen LogP contribution in [0.1, 0.15) is 34.0 Å². The highest BCUT2D eigenvalue weighted by Gasteiger charge is 2.14. The molecule has 2 amide bonds. The molecular weight excluding hydrogens is 409 g/mol. The largest absolute Gasteiger partial charge is 0.483 e. The number of aryl methyl sites for hydroxylation is 1. The van der Waals surface area contributed by atoms with Crippen molar-refractivity contribution < 1.29 is 18.7 Å². The summed E-state index contributed by atoms with van der Waals surface area (Å²) < 4.78 is 18.7. The molecule has 0 unspecified atom stereocenters. The van der Waals surface area contributed by atoms with Crippen LogP contribution >= 0.6 is 0 Å². The van der Waals surface area contributed by atoms with Gasteiger partial charge in [0.05, 0.1) is 17.0 Å². The van der Waals surface area contributed by atoms with Crippen molar-refractivity contribution in [3.63, 3.8) is 0 Å². The highest BCUT2D eigenvalue weighted by Crippen LogP contribution is 2.21. The molecule has 0 heterocycles. The molecule has 0 atom stereocenters. The van der Waals surface area contributed by atoms with E-state index in [9.17, 15) is 14.0 Å². The Morgan fingerprint density at radius 1 is 0.969 bits per heavy atom. The van der Waals surface area contributed by atoms with Crippen molar-refractivity contribution in [3.8, 4) is 5.75 Å². The molecule has 6 nitrogen and oxygen atoms in total. The highest BCUT2D eigenvalue weighted by molar-refractivity contribution is 6.05. The third-order valence-corrected chi connectivity index (χ3v) is 4.95. The van der Waals surface area contributed by atoms with Crippen molar-refractivity contribution in [1.82, 2.24) is 5.43 Å². The highest BCUT2D eigenvalue weighted by atomic mass is 19.1. The fraction of sp³-hybridized carbons (Fsp3) is 0.160. The molecule has 0 spiro atoms. The average Bonchev–Trinajstić information content (AvgIpc) is 2.79. The number of halogens is 1. The fourth-order valence-electron chi connectivity index (χ4n) is 2.95. The minimum Gasteiger partial charge on any atom is -0.483 e. The maximum Gasteiger partial charge on any atom is 0.273 e. The van der Waals surface area contributed by atoms with E-state index in [-0.39, 0.29) is 18.0 Å². The van der Waals surface area contributed by atoms with Gasteiger partial charge in [-0.05, 0) is 67.8 Å². The number of amides is 2. The van der Waals surface area contributed by atoms with Gasteiger partial charge in [-0.25, -0.2) is 9.82 Å². The van der Waals surface area contributed by atoms with E-state index in [1.165, 1.54) is 12.1 Å². The van der Waals surface area contributed by atoms with Crippen molar-refractivity contribution in [3.05, 3.63) is 94.8 Å². The van der Waals surface area contributed by atoms with Gasteiger partial charge in [-0.3, -0.25) is 9.59 Å². The first-order chi connectivity index (χ1) is 15.3. The first kappa shape index (κ1) is 22.7. The number of benzene rings is 3. The van der Waals surface area contributed by atoms with Gasteiger partial charge in [0.25, 0.3) is 11.8 Å². The smallest absolute Gasteiger partial charge is 0.273 e. The molecule has 3 aromatic rings. The Kier molecular flexibility index (Phi) is 7.33. The summed E-state index contributed by atoms with van der Waals surface area (Å²) in [5, 5.41) is 6.78. The number of nitrogens with one attached hydrogen (secondary N) is 2. The van der Waals surface area contributed by atoms with Crippen LogP contribution < -0.4 is 15.5 Å². The van der Waals surface area contributed by atoms with Crippen LogP contribution in [-0.4, -0.2) is 24.1 Å². The summed E-state index contributed by atoms with van der Waals surface area (Å²) in [7, 11) is 0. The van der Waals surface area contributed by atoms with Gasteiger partial charge in [0.15, 0.2) is 6.61 Å². The molecule has 164 valence electrons. The van der Waals surface area contributed by atoms with Crippen molar-refractivity contribution in [2.24, 2.45) is 5.10 Å². The van der Waals surface area contributed by atoms with Gasteiger partial charge >= 0.3 is 0 Å². The Bertz CT molecular complexity index is 1160. The number of nitrogens with zero attached hydrogens (tertiary/aromatic N) is 1. The molecule has 3 rings (SSSR count). The van der Waals surface area contributed by atoms with Crippen LogP contribution in [-0.2, 0) is 4.79 Å². The average molecular weight is 433 g/mol. The molecule has 0 saturated heterocycles. The lowest BCUT2D eigenvalue weighted by Crippen LogP contribution is -2.24. The number of carbonyl (C=O) groups is 2. The van der Waals surface area contributed by atoms with E-state index in [0.717, 1.165) is 11.1 Å². The van der Waals surface area contributed by atoms with Gasteiger partial charge in [0, 0.05) is 0 Å². The molecule has 0 aliphatic carbocycles. The Hall–Kier alpha value is -4.00. The zero-order valence-corrected chi connectivity index (χ0v) is 18.1. The second kappa shape index (κ2) is 10.3. The number of para-hydroxylation sites is 1. The lowest BCUT2D eigenvalue weighted by molar-refractivity contribution is -0.118. The van der Waals surface area contributed by atoms with Crippen LogP contribution in [0.3, 0.4) is 0 Å². The van der Waals surface area contributed by atoms with Crippen molar-refractivity contribution in [2.45, 2.75) is 20.8 Å². The van der Waals surface area contributed by atoms with Crippen molar-refractivity contribution >= 4 is 23.2 Å². The normalized spacial score (nSPS) is 11.1. The maximum atomic E-state index is 13.1. The standard InChI is InChI=1S/C25H24FN3O3/c1-16-7-6-10-23(17(16)2)32-15-24(30)27-22-9-5-4-8-21(22)25(31)29-28-18(3)19-11-13-20(26)14-12-19/h4-14H,15H2,1-3H3,(H,27,30)(H,29,31)/b28-18+. The summed E-state index contributed by atoms with van der Waals surface area (Å²) in [6.07, 6.45) is 0. The predicted octanol–water partition coefficient (Wildman–Crippen LogP) is 4.61. The van der Waals surface area contributed by atoms with Crippen molar-refractivity contribution in [1.29, 1.82) is 0 Å². The van der Waals surface area contributed by atoms with E-state index in [0.29, 0.717) is 22.7 Å². The molecule has 0 aliphatic rings. The monoisotopic (exact) mass is 433 g/mol. The number of carbonyl (C=O) groups excluding carboxylic acids is 2. The van der Waals surface area contributed by atoms with Crippen LogP contribution in [0.2, 0.25) is 0 Å². The van der Waals surface area contributed by atoms with E-state index in [1.807, 2.05) is 26.0 Å². The third kappa shape index (κ3) is 5.78. The molecule has 3 aromatic carbocycles. The first-order valence-electron chi connectivity index (χ1n) is 10.0. The molecule has 0 saturated carbocycles. The topological polar surface area (TPSA) is 79.8 Å². The minimum atomic E-state index is -0.488. The second-order valence-corrected chi connectivity index (χ2v) is 7.23. The van der Waals surface area contributed by atoms with E-state index in [2.05, 4.69) is 15.8 Å². The van der Waals surface area contributed by atoms with E-state index in [1.54, 1.807) is 49.4 Å². The summed E-state index contributed by atoms with van der Waals surface area (Å²) in [6, 6.07) is 18.0. The van der Waals surface area contributed by atoms with Crippen molar-refractivity contribution in [2.75, 3.05) is 11.9 Å². The lowest BCUT2D eigenvalue weighted by atomic mass is 10.1. The molecule has 2 N–H and O–H groups in total. The third-order valence-electron chi connectivity index (χ3n) is 4.95. The number of rotatable bonds is 7. The molecule has 0 bridgehead atoms. The predicted molar refractivity (Wildman–Crippen MR) is 123 cm³/mol. The molecule has 0 fully saturated rings. The molecule has 0 aliphatic heterocycles. The van der Waals surface area contributed by atoms with E-state index in [4.69, 9.17) is 4.74 Å². The maximum absolute atomic E-state index is 13.1. The van der Waals surface area contributed by atoms with Gasteiger partial charge in [-0.15, -0.1) is 0 Å². The first-order valence-corrected chi connectivity index (χ1v) is 10.0. The fourth-order valence-corrected chi connectivity index (χ4v) is 2.95. The zero-order valence-electron chi connectivity index (χ0n) is 18.1. The zero-order chi connectivity index (χ0) is 23.1. The Morgan fingerprint density at radius 2 is 1.69 bits per heavy atom. The van der Waals surface area contributed by atoms with Crippen LogP contribution in [0.5, 0.6) is 5.75 Å². The van der Waals surface area contributed by atoms with Crippen LogP contribution in [0.4, 0.5) is 10.1 Å². The number of anilines is 1. The minimum absolute atomic E-state index is 0.192. The second-order valence-electron chi connectivity index (χ2n) is 7.23. The van der Waals surface area contributed by atoms with Crippen LogP contribution in [0, 0.1) is 19.7 Å². The van der Waals surface area contributed by atoms with Crippen LogP contribution in [0.25, 0.3) is 0 Å². The summed E-state index contributed by atoms with van der Waals surface area (Å²) in [4.78, 5) is 25.0. The van der Waals surface area contributed by atoms with Gasteiger partial charge in [-0.1, -0.05) is 36.4 Å². The van der Waals surface area contributed by atoms with Crippen LogP contribution in [0.15, 0.2) is 71.8 Å². The van der Waals surface area contributed by atoms with Gasteiger partial charge < -0.3 is 10.1 Å². The Balaban J connectivity index is 1.65. The lowest BCUT2D eigenvalue weighted by Gasteiger charge is -2.13. The number of hydrogen-bond acceptors (Lipinski definition) is 4. The Morgan fingerprint density at radius 3 is 2.44 bits per heavy atom. The van der Waals surface area contributed by atoms with Gasteiger partial charge in [-0.2, -0.15) is 5.10 Å². The molecule has 0 radical (unpaired) electrons. The quantitative estimate of drug-likeness (QED) is 0.422.